The lowest BCUT2D eigenvalue weighted by Crippen LogP contribution is -1.96. The Morgan fingerprint density at radius 3 is 2.95 bits per heavy atom. The summed E-state index contributed by atoms with van der Waals surface area (Å²) in [4.78, 5) is 5.21. The molecule has 0 saturated carbocycles. The van der Waals surface area contributed by atoms with Crippen LogP contribution in [0.1, 0.15) is 16.3 Å². The first-order valence-corrected chi connectivity index (χ1v) is 6.85. The first kappa shape index (κ1) is 12.3. The van der Waals surface area contributed by atoms with Gasteiger partial charge in [0.15, 0.2) is 0 Å². The Bertz CT molecular complexity index is 672. The summed E-state index contributed by atoms with van der Waals surface area (Å²) >= 11 is 1.55. The maximum Gasteiger partial charge on any atom is 0.212 e. The molecule has 0 aliphatic carbocycles. The molecule has 2 aromatic heterocycles. The van der Waals surface area contributed by atoms with Crippen LogP contribution in [-0.4, -0.2) is 14.6 Å². The molecule has 0 saturated heterocycles. The van der Waals surface area contributed by atoms with E-state index in [9.17, 15) is 4.39 Å². The van der Waals surface area contributed by atoms with Crippen LogP contribution < -0.4 is 5.73 Å². The van der Waals surface area contributed by atoms with E-state index in [1.54, 1.807) is 28.0 Å². The average Bonchev–Trinajstić information content (AvgIpc) is 2.94. The van der Waals surface area contributed by atoms with Gasteiger partial charge in [-0.15, -0.1) is 0 Å². The van der Waals surface area contributed by atoms with Crippen molar-refractivity contribution in [2.45, 2.75) is 19.4 Å². The van der Waals surface area contributed by atoms with Gasteiger partial charge in [-0.05, 0) is 24.1 Å². The van der Waals surface area contributed by atoms with Gasteiger partial charge in [0.1, 0.15) is 10.8 Å². The normalized spacial score (nSPS) is 11.3. The van der Waals surface area contributed by atoms with Gasteiger partial charge in [0.2, 0.25) is 4.96 Å². The van der Waals surface area contributed by atoms with Gasteiger partial charge in [0, 0.05) is 13.0 Å². The van der Waals surface area contributed by atoms with Gasteiger partial charge in [-0.3, -0.25) is 0 Å². The zero-order valence-electron chi connectivity index (χ0n) is 10.2. The van der Waals surface area contributed by atoms with Crippen LogP contribution in [0.25, 0.3) is 4.96 Å². The Morgan fingerprint density at radius 2 is 2.21 bits per heavy atom. The second-order valence-electron chi connectivity index (χ2n) is 4.29. The van der Waals surface area contributed by atoms with E-state index >= 15 is 0 Å². The predicted molar refractivity (Wildman–Crippen MR) is 72.6 cm³/mol. The summed E-state index contributed by atoms with van der Waals surface area (Å²) < 4.78 is 14.8. The summed E-state index contributed by atoms with van der Waals surface area (Å²) in [5.41, 5.74) is 7.35. The van der Waals surface area contributed by atoms with Crippen LogP contribution in [0.15, 0.2) is 30.5 Å². The van der Waals surface area contributed by atoms with Crippen LogP contribution in [0.5, 0.6) is 0 Å². The van der Waals surface area contributed by atoms with Crippen LogP contribution in [0.3, 0.4) is 0 Å². The highest BCUT2D eigenvalue weighted by molar-refractivity contribution is 7.16. The lowest BCUT2D eigenvalue weighted by Gasteiger charge is -1.98. The Labute approximate surface area is 113 Å². The van der Waals surface area contributed by atoms with Gasteiger partial charge in [0.25, 0.3) is 0 Å². The third kappa shape index (κ3) is 2.64. The molecule has 0 bridgehead atoms. The number of nitrogens with two attached hydrogens (primary N) is 1. The fourth-order valence-corrected chi connectivity index (χ4v) is 2.82. The predicted octanol–water partition coefficient (Wildman–Crippen LogP) is 2.17. The molecule has 0 unspecified atom stereocenters. The lowest BCUT2D eigenvalue weighted by molar-refractivity contribution is 0.625. The molecule has 0 amide bonds. The van der Waals surface area contributed by atoms with Crippen molar-refractivity contribution in [1.82, 2.24) is 14.6 Å². The quantitative estimate of drug-likeness (QED) is 0.794. The van der Waals surface area contributed by atoms with E-state index in [-0.39, 0.29) is 5.82 Å². The Kier molecular flexibility index (Phi) is 3.27. The van der Waals surface area contributed by atoms with Crippen LogP contribution in [0.2, 0.25) is 0 Å². The van der Waals surface area contributed by atoms with Crippen LogP contribution >= 0.6 is 11.3 Å². The first-order valence-electron chi connectivity index (χ1n) is 6.03. The summed E-state index contributed by atoms with van der Waals surface area (Å²) in [6, 6.07) is 6.67. The molecule has 1 aromatic carbocycles. The van der Waals surface area contributed by atoms with Gasteiger partial charge in [-0.2, -0.15) is 5.10 Å². The van der Waals surface area contributed by atoms with E-state index in [2.05, 4.69) is 10.1 Å². The molecule has 0 aliphatic heterocycles. The van der Waals surface area contributed by atoms with E-state index in [4.69, 9.17) is 5.73 Å². The van der Waals surface area contributed by atoms with Crippen LogP contribution in [0, 0.1) is 5.82 Å². The number of aromatic nitrogens is 3. The Balaban J connectivity index is 1.73. The van der Waals surface area contributed by atoms with E-state index < -0.39 is 0 Å². The Hall–Kier alpha value is -1.79. The number of benzene rings is 1. The summed E-state index contributed by atoms with van der Waals surface area (Å²) in [5, 5.41) is 5.44. The van der Waals surface area contributed by atoms with E-state index in [0.29, 0.717) is 6.54 Å². The molecule has 6 heteroatoms. The van der Waals surface area contributed by atoms with Gasteiger partial charge in [-0.25, -0.2) is 13.9 Å². The zero-order valence-corrected chi connectivity index (χ0v) is 11.0. The zero-order chi connectivity index (χ0) is 13.2. The van der Waals surface area contributed by atoms with Crippen molar-refractivity contribution < 1.29 is 4.39 Å². The van der Waals surface area contributed by atoms with Crippen molar-refractivity contribution in [1.29, 1.82) is 0 Å². The van der Waals surface area contributed by atoms with E-state index in [1.807, 2.05) is 12.3 Å². The minimum absolute atomic E-state index is 0.195. The SMILES string of the molecule is NCc1cn2nc(CCc3cccc(F)c3)sc2n1. The highest BCUT2D eigenvalue weighted by Gasteiger charge is 2.07. The second kappa shape index (κ2) is 5.07. The van der Waals surface area contributed by atoms with E-state index in [0.717, 1.165) is 34.1 Å². The number of fused-ring (bicyclic) bond motifs is 1. The van der Waals surface area contributed by atoms with Crippen LogP contribution in [-0.2, 0) is 19.4 Å². The summed E-state index contributed by atoms with van der Waals surface area (Å²) in [7, 11) is 0. The molecule has 0 aliphatic rings. The van der Waals surface area contributed by atoms with Gasteiger partial charge < -0.3 is 5.73 Å². The summed E-state index contributed by atoms with van der Waals surface area (Å²) in [5.74, 6) is -0.195. The summed E-state index contributed by atoms with van der Waals surface area (Å²) in [6.45, 7) is 0.425. The molecule has 4 nitrogen and oxygen atoms in total. The molecular weight excluding hydrogens is 263 g/mol. The third-order valence-electron chi connectivity index (χ3n) is 2.86. The highest BCUT2D eigenvalue weighted by atomic mass is 32.1. The number of aryl methyl sites for hydroxylation is 2. The molecule has 98 valence electrons. The maximum atomic E-state index is 13.1. The van der Waals surface area contributed by atoms with E-state index in [1.165, 1.54) is 6.07 Å². The van der Waals surface area contributed by atoms with Crippen molar-refractivity contribution in [3.05, 3.63) is 52.5 Å². The molecule has 2 N–H and O–H groups in total. The Morgan fingerprint density at radius 1 is 1.32 bits per heavy atom. The van der Waals surface area contributed by atoms with Crippen molar-refractivity contribution in [2.24, 2.45) is 5.73 Å². The number of nitrogens with zero attached hydrogens (tertiary/aromatic N) is 3. The first-order chi connectivity index (χ1) is 9.24. The standard InChI is InChI=1S/C13H13FN4S/c14-10-3-1-2-9(6-10)4-5-12-17-18-8-11(7-15)16-13(18)19-12/h1-3,6,8H,4-5,7,15H2. The molecule has 19 heavy (non-hydrogen) atoms. The number of halogens is 1. The van der Waals surface area contributed by atoms with Crippen molar-refractivity contribution in [3.63, 3.8) is 0 Å². The minimum Gasteiger partial charge on any atom is -0.325 e. The largest absolute Gasteiger partial charge is 0.325 e. The summed E-state index contributed by atoms with van der Waals surface area (Å²) in [6.07, 6.45) is 3.41. The van der Waals surface area contributed by atoms with Gasteiger partial charge in [-0.1, -0.05) is 23.5 Å². The number of rotatable bonds is 4. The topological polar surface area (TPSA) is 56.2 Å². The molecule has 0 atom stereocenters. The maximum absolute atomic E-state index is 13.1. The van der Waals surface area contributed by atoms with Gasteiger partial charge in [0.05, 0.1) is 11.9 Å². The second-order valence-corrected chi connectivity index (χ2v) is 5.33. The molecule has 0 fully saturated rings. The minimum atomic E-state index is -0.195. The number of hydrogen-bond donors (Lipinski definition) is 1. The molecule has 2 heterocycles. The van der Waals surface area contributed by atoms with Crippen LogP contribution in [0.4, 0.5) is 4.39 Å². The molecule has 3 aromatic rings. The number of hydrogen-bond acceptors (Lipinski definition) is 4. The fourth-order valence-electron chi connectivity index (χ4n) is 1.93. The van der Waals surface area contributed by atoms with Crippen molar-refractivity contribution in [2.75, 3.05) is 0 Å². The van der Waals surface area contributed by atoms with Crippen molar-refractivity contribution >= 4 is 16.3 Å². The molecule has 3 rings (SSSR count). The monoisotopic (exact) mass is 276 g/mol. The lowest BCUT2D eigenvalue weighted by atomic mass is 10.1. The van der Waals surface area contributed by atoms with Gasteiger partial charge >= 0.3 is 0 Å². The molecule has 0 radical (unpaired) electrons. The molecule has 0 spiro atoms. The third-order valence-corrected chi connectivity index (χ3v) is 3.84. The fraction of sp³-hybridized carbons (Fsp3) is 0.231. The number of imidazole rings is 1. The molecular formula is C13H13FN4S. The smallest absolute Gasteiger partial charge is 0.212 e. The highest BCUT2D eigenvalue weighted by Crippen LogP contribution is 2.17. The van der Waals surface area contributed by atoms with Crippen molar-refractivity contribution in [3.8, 4) is 0 Å². The average molecular weight is 276 g/mol.